The van der Waals surface area contributed by atoms with Crippen molar-refractivity contribution in [2.75, 3.05) is 0 Å². The molecule has 0 atom stereocenters. The molecule has 116 valence electrons. The van der Waals surface area contributed by atoms with Gasteiger partial charge in [0.2, 0.25) is 0 Å². The Hall–Kier alpha value is 2.12. The molecule has 0 bridgehead atoms. The standard InChI is InChI=1S/4C4H9.2Bi.S/c4*1-3-4-2;;;/h4*1,3-4H2,2H3;;;. The van der Waals surface area contributed by atoms with Gasteiger partial charge in [0, 0.05) is 0 Å². The van der Waals surface area contributed by atoms with Crippen LogP contribution in [0.1, 0.15) is 79.1 Å². The van der Waals surface area contributed by atoms with Crippen LogP contribution in [0.3, 0.4) is 0 Å². The minimum absolute atomic E-state index is 1.08. The number of hydrogen-bond donors (Lipinski definition) is 0. The topological polar surface area (TPSA) is 0 Å². The SMILES string of the molecule is CCC[CH2][Bi]([CH2]CCC)[S][Bi]([CH2]CCC)[CH2]CCC. The summed E-state index contributed by atoms with van der Waals surface area (Å²) in [6.07, 6.45) is 11.9. The van der Waals surface area contributed by atoms with Crippen LogP contribution in [0.2, 0.25) is 16.5 Å². The van der Waals surface area contributed by atoms with Crippen LogP contribution in [0, 0.1) is 0 Å². The van der Waals surface area contributed by atoms with Gasteiger partial charge < -0.3 is 0 Å². The maximum absolute atomic E-state index is 2.76. The molecule has 0 saturated heterocycles. The molecule has 0 fully saturated rings. The van der Waals surface area contributed by atoms with Gasteiger partial charge in [-0.1, -0.05) is 0 Å². The van der Waals surface area contributed by atoms with Gasteiger partial charge in [-0.25, -0.2) is 0 Å². The van der Waals surface area contributed by atoms with E-state index in [1.165, 1.54) is 25.7 Å². The van der Waals surface area contributed by atoms with Crippen molar-refractivity contribution >= 4 is 45.8 Å². The first-order valence-electron chi connectivity index (χ1n) is 8.46. The minimum atomic E-state index is -1.08. The summed E-state index contributed by atoms with van der Waals surface area (Å²) in [5, 5.41) is 2.76. The van der Waals surface area contributed by atoms with Gasteiger partial charge in [-0.15, -0.1) is 0 Å². The molecule has 0 N–H and O–H groups in total. The van der Waals surface area contributed by atoms with Gasteiger partial charge in [0.1, 0.15) is 0 Å². The number of hydrogen-bond acceptors (Lipinski definition) is 1. The van der Waals surface area contributed by atoms with E-state index in [9.17, 15) is 0 Å². The summed E-state index contributed by atoms with van der Waals surface area (Å²) in [6.45, 7) is 9.50. The molecule has 0 aliphatic carbocycles. The van der Waals surface area contributed by atoms with Crippen molar-refractivity contribution in [3.8, 4) is 0 Å². The second-order valence-electron chi connectivity index (χ2n) is 5.35. The van der Waals surface area contributed by atoms with E-state index in [4.69, 9.17) is 0 Å². The van der Waals surface area contributed by atoms with E-state index in [1.54, 1.807) is 42.2 Å². The van der Waals surface area contributed by atoms with Gasteiger partial charge in [-0.2, -0.15) is 0 Å². The molecule has 19 heavy (non-hydrogen) atoms. The summed E-state index contributed by atoms with van der Waals surface area (Å²) in [5.41, 5.74) is 0. The van der Waals surface area contributed by atoms with Gasteiger partial charge >= 0.3 is 141 Å². The Morgan fingerprint density at radius 2 is 0.789 bits per heavy atom. The molecule has 0 radical (unpaired) electrons. The first kappa shape index (κ1) is 21.1. The van der Waals surface area contributed by atoms with Crippen molar-refractivity contribution in [2.24, 2.45) is 0 Å². The van der Waals surface area contributed by atoms with Crippen LogP contribution in [0.4, 0.5) is 0 Å². The van der Waals surface area contributed by atoms with E-state index < -0.39 is 40.6 Å². The molecule has 0 aromatic heterocycles. The Kier molecular flexibility index (Phi) is 18.3. The zero-order chi connectivity index (χ0) is 14.3. The van der Waals surface area contributed by atoms with E-state index >= 15 is 0 Å². The Morgan fingerprint density at radius 1 is 0.526 bits per heavy atom. The summed E-state index contributed by atoms with van der Waals surface area (Å²) in [5.74, 6) is 0. The van der Waals surface area contributed by atoms with Gasteiger partial charge in [-0.3, -0.25) is 0 Å². The number of unbranched alkanes of at least 4 members (excludes halogenated alkanes) is 4. The van der Waals surface area contributed by atoms with Crippen LogP contribution in [0.25, 0.3) is 0 Å². The normalized spacial score (nSPS) is 11.7. The average Bonchev–Trinajstić information content (AvgIpc) is 2.44. The van der Waals surface area contributed by atoms with Gasteiger partial charge in [0.25, 0.3) is 0 Å². The third-order valence-electron chi connectivity index (χ3n) is 3.28. The van der Waals surface area contributed by atoms with Crippen molar-refractivity contribution in [3.63, 3.8) is 0 Å². The molecule has 0 heterocycles. The summed E-state index contributed by atoms with van der Waals surface area (Å²) in [4.78, 5) is 0. The predicted octanol–water partition coefficient (Wildman–Crippen LogP) is 6.90. The molecule has 0 unspecified atom stereocenters. The molecule has 0 saturated carbocycles. The first-order valence-corrected chi connectivity index (χ1v) is 27.5. The fourth-order valence-corrected chi connectivity index (χ4v) is 93.7. The Bertz CT molecular complexity index is 142. The van der Waals surface area contributed by atoms with Crippen molar-refractivity contribution in [1.29, 1.82) is 0 Å². The van der Waals surface area contributed by atoms with Crippen molar-refractivity contribution in [1.82, 2.24) is 0 Å². The first-order chi connectivity index (χ1) is 9.28. The zero-order valence-electron chi connectivity index (χ0n) is 13.8. The molecule has 3 heteroatoms. The summed E-state index contributed by atoms with van der Waals surface area (Å²) < 4.78 is 6.84. The molecule has 0 aromatic carbocycles. The summed E-state index contributed by atoms with van der Waals surface area (Å²) in [7, 11) is 0. The van der Waals surface area contributed by atoms with E-state index in [-0.39, 0.29) is 0 Å². The molecule has 0 aliphatic rings. The average molecular weight is 678 g/mol. The summed E-state index contributed by atoms with van der Waals surface area (Å²) in [6, 6.07) is 0. The molecule has 0 aliphatic heterocycles. The van der Waals surface area contributed by atoms with Crippen LogP contribution >= 0.6 is 5.27 Å². The second kappa shape index (κ2) is 16.5. The van der Waals surface area contributed by atoms with E-state index in [2.05, 4.69) is 33.0 Å². The van der Waals surface area contributed by atoms with E-state index in [0.717, 1.165) is 0 Å². The Balaban J connectivity index is 4.16. The molecule has 0 nitrogen and oxygen atoms in total. The fraction of sp³-hybridized carbons (Fsp3) is 1.00. The molecular weight excluding hydrogens is 642 g/mol. The van der Waals surface area contributed by atoms with Gasteiger partial charge in [-0.05, 0) is 0 Å². The van der Waals surface area contributed by atoms with Crippen LogP contribution < -0.4 is 0 Å². The van der Waals surface area contributed by atoms with Crippen molar-refractivity contribution in [2.45, 2.75) is 95.6 Å². The van der Waals surface area contributed by atoms with Crippen LogP contribution in [-0.4, -0.2) is 40.6 Å². The molecule has 0 aromatic rings. The third kappa shape index (κ3) is 13.5. The zero-order valence-corrected chi connectivity index (χ0v) is 21.6. The third-order valence-corrected chi connectivity index (χ3v) is 75.5. The predicted molar refractivity (Wildman–Crippen MR) is 98.0 cm³/mol. The Morgan fingerprint density at radius 3 is 1.00 bits per heavy atom. The van der Waals surface area contributed by atoms with Crippen LogP contribution in [-0.2, 0) is 0 Å². The molecular formula is C16H36Bi2S. The second-order valence-corrected chi connectivity index (χ2v) is 47.6. The maximum atomic E-state index is 2.76. The van der Waals surface area contributed by atoms with Gasteiger partial charge in [0.15, 0.2) is 0 Å². The van der Waals surface area contributed by atoms with E-state index in [1.807, 2.05) is 0 Å². The van der Waals surface area contributed by atoms with Gasteiger partial charge in [0.05, 0.1) is 0 Å². The monoisotopic (exact) mass is 678 g/mol. The molecule has 0 rings (SSSR count). The molecule has 0 amide bonds. The van der Waals surface area contributed by atoms with Crippen LogP contribution in [0.5, 0.6) is 0 Å². The van der Waals surface area contributed by atoms with E-state index in [0.29, 0.717) is 0 Å². The van der Waals surface area contributed by atoms with Crippen molar-refractivity contribution in [3.05, 3.63) is 0 Å². The van der Waals surface area contributed by atoms with Crippen LogP contribution in [0.15, 0.2) is 0 Å². The quantitative estimate of drug-likeness (QED) is 0.180. The summed E-state index contributed by atoms with van der Waals surface area (Å²) >= 11 is -2.15. The Labute approximate surface area is 140 Å². The molecule has 0 spiro atoms. The van der Waals surface area contributed by atoms with Crippen molar-refractivity contribution < 1.29 is 0 Å². The fourth-order valence-electron chi connectivity index (χ4n) is 1.89. The number of rotatable bonds is 14.